The number of hydrogen-bond donors (Lipinski definition) is 1. The molecule has 1 aliphatic heterocycles. The molecule has 0 spiro atoms. The number of carbonyl (C=O) groups is 2. The molecule has 2 rings (SSSR count). The highest BCUT2D eigenvalue weighted by Crippen LogP contribution is 2.29. The molecule has 4 heteroatoms. The Morgan fingerprint density at radius 1 is 1.22 bits per heavy atom. The number of Topliss-reactive ketones (excluding diaryl/α,β-unsaturated/α-hetero) is 1. The van der Waals surface area contributed by atoms with E-state index in [1.807, 2.05) is 37.3 Å². The van der Waals surface area contributed by atoms with E-state index >= 15 is 0 Å². The first-order valence-corrected chi connectivity index (χ1v) is 8.34. The minimum Gasteiger partial charge on any atom is -0.361 e. The van der Waals surface area contributed by atoms with Gasteiger partial charge in [-0.3, -0.25) is 9.59 Å². The molecule has 1 amide bonds. The number of rotatable bonds is 8. The molecular weight excluding hydrogens is 290 g/mol. The van der Waals surface area contributed by atoms with Crippen LogP contribution in [0.2, 0.25) is 0 Å². The van der Waals surface area contributed by atoms with Crippen LogP contribution in [-0.4, -0.2) is 29.9 Å². The molecule has 0 aliphatic carbocycles. The van der Waals surface area contributed by atoms with Crippen molar-refractivity contribution in [2.75, 3.05) is 6.61 Å². The molecule has 23 heavy (non-hydrogen) atoms. The van der Waals surface area contributed by atoms with Gasteiger partial charge in [-0.2, -0.15) is 0 Å². The summed E-state index contributed by atoms with van der Waals surface area (Å²) in [5.74, 6) is 0.0763. The van der Waals surface area contributed by atoms with Crippen LogP contribution in [-0.2, 0) is 20.7 Å². The minimum atomic E-state index is -0.699. The van der Waals surface area contributed by atoms with Gasteiger partial charge in [0.1, 0.15) is 5.60 Å². The molecule has 1 aromatic rings. The van der Waals surface area contributed by atoms with Gasteiger partial charge in [0.05, 0.1) is 12.6 Å². The fourth-order valence-electron chi connectivity index (χ4n) is 2.70. The van der Waals surface area contributed by atoms with Crippen molar-refractivity contribution in [2.45, 2.75) is 52.2 Å². The molecule has 3 atom stereocenters. The molecule has 1 aromatic carbocycles. The maximum Gasteiger partial charge on any atom is 0.223 e. The summed E-state index contributed by atoms with van der Waals surface area (Å²) in [6.07, 6.45) is 1.31. The molecule has 1 fully saturated rings. The van der Waals surface area contributed by atoms with Crippen LogP contribution in [0.1, 0.15) is 39.7 Å². The van der Waals surface area contributed by atoms with Gasteiger partial charge in [-0.15, -0.1) is 0 Å². The van der Waals surface area contributed by atoms with Crippen molar-refractivity contribution in [1.82, 2.24) is 5.32 Å². The first kappa shape index (κ1) is 17.7. The Bertz CT molecular complexity index is 549. The predicted molar refractivity (Wildman–Crippen MR) is 90.1 cm³/mol. The van der Waals surface area contributed by atoms with Gasteiger partial charge in [-0.25, -0.2) is 0 Å². The number of ketones is 1. The van der Waals surface area contributed by atoms with Crippen LogP contribution in [0.25, 0.3) is 0 Å². The standard InChI is InChI=1S/C19H27NO3/c1-13(2)10-16(17(21)19(4)12-23-19)20-18(22)14(3)11-15-8-6-5-7-9-15/h5-9,13-14,16H,10-12H2,1-4H3,(H,20,22)/t14?,16-,19+/m0/s1. The number of nitrogens with one attached hydrogen (secondary N) is 1. The van der Waals surface area contributed by atoms with Crippen LogP contribution < -0.4 is 5.32 Å². The first-order chi connectivity index (χ1) is 10.8. The molecule has 1 heterocycles. The zero-order valence-electron chi connectivity index (χ0n) is 14.5. The predicted octanol–water partition coefficient (Wildman–Crippen LogP) is 2.75. The second-order valence-corrected chi connectivity index (χ2v) is 7.17. The van der Waals surface area contributed by atoms with E-state index in [0.29, 0.717) is 25.4 Å². The fraction of sp³-hybridized carbons (Fsp3) is 0.579. The van der Waals surface area contributed by atoms with E-state index in [9.17, 15) is 9.59 Å². The van der Waals surface area contributed by atoms with Crippen molar-refractivity contribution in [3.05, 3.63) is 35.9 Å². The Morgan fingerprint density at radius 2 is 1.83 bits per heavy atom. The second-order valence-electron chi connectivity index (χ2n) is 7.17. The van der Waals surface area contributed by atoms with E-state index in [-0.39, 0.29) is 17.6 Å². The molecular formula is C19H27NO3. The first-order valence-electron chi connectivity index (χ1n) is 8.34. The lowest BCUT2D eigenvalue weighted by atomic mass is 9.92. The van der Waals surface area contributed by atoms with Crippen molar-refractivity contribution in [1.29, 1.82) is 0 Å². The molecule has 0 saturated carbocycles. The van der Waals surface area contributed by atoms with Gasteiger partial charge in [0, 0.05) is 5.92 Å². The highest BCUT2D eigenvalue weighted by molar-refractivity contribution is 5.96. The van der Waals surface area contributed by atoms with E-state index in [2.05, 4.69) is 19.2 Å². The molecule has 1 aliphatic rings. The van der Waals surface area contributed by atoms with Crippen molar-refractivity contribution in [3.63, 3.8) is 0 Å². The maximum absolute atomic E-state index is 12.5. The van der Waals surface area contributed by atoms with E-state index < -0.39 is 11.6 Å². The third kappa shape index (κ3) is 4.90. The van der Waals surface area contributed by atoms with Crippen LogP contribution in [0.3, 0.4) is 0 Å². The smallest absolute Gasteiger partial charge is 0.223 e. The van der Waals surface area contributed by atoms with E-state index in [1.165, 1.54) is 0 Å². The second kappa shape index (κ2) is 7.26. The normalized spacial score (nSPS) is 22.5. The monoisotopic (exact) mass is 317 g/mol. The summed E-state index contributed by atoms with van der Waals surface area (Å²) in [5.41, 5.74) is 0.426. The Labute approximate surface area is 138 Å². The lowest BCUT2D eigenvalue weighted by Crippen LogP contribution is -2.48. The van der Waals surface area contributed by atoms with Crippen molar-refractivity contribution in [2.24, 2.45) is 11.8 Å². The fourth-order valence-corrected chi connectivity index (χ4v) is 2.70. The maximum atomic E-state index is 12.5. The highest BCUT2D eigenvalue weighted by atomic mass is 16.6. The minimum absolute atomic E-state index is 0.00791. The van der Waals surface area contributed by atoms with Gasteiger partial charge in [0.15, 0.2) is 5.78 Å². The Hall–Kier alpha value is -1.68. The third-order valence-corrected chi connectivity index (χ3v) is 4.27. The molecule has 0 radical (unpaired) electrons. The quantitative estimate of drug-likeness (QED) is 0.750. The molecule has 1 unspecified atom stereocenters. The van der Waals surface area contributed by atoms with E-state index in [0.717, 1.165) is 5.56 Å². The summed E-state index contributed by atoms with van der Waals surface area (Å²) in [5, 5.41) is 2.95. The Balaban J connectivity index is 1.97. The SMILES string of the molecule is CC(C)C[C@H](NC(=O)C(C)Cc1ccccc1)C(=O)[C@@]1(C)CO1. The summed E-state index contributed by atoms with van der Waals surface area (Å²) in [6.45, 7) is 8.25. The zero-order chi connectivity index (χ0) is 17.0. The number of amides is 1. The van der Waals surface area contributed by atoms with Gasteiger partial charge < -0.3 is 10.1 Å². The largest absolute Gasteiger partial charge is 0.361 e. The van der Waals surface area contributed by atoms with Crippen molar-refractivity contribution in [3.8, 4) is 0 Å². The number of carbonyl (C=O) groups excluding carboxylic acids is 2. The van der Waals surface area contributed by atoms with E-state index in [4.69, 9.17) is 4.74 Å². The van der Waals surface area contributed by atoms with Gasteiger partial charge >= 0.3 is 0 Å². The van der Waals surface area contributed by atoms with Gasteiger partial charge in [-0.05, 0) is 31.2 Å². The number of epoxide rings is 1. The van der Waals surface area contributed by atoms with E-state index in [1.54, 1.807) is 6.92 Å². The lowest BCUT2D eigenvalue weighted by Gasteiger charge is -2.23. The molecule has 0 aromatic heterocycles. The van der Waals surface area contributed by atoms with Crippen LogP contribution in [0.15, 0.2) is 30.3 Å². The topological polar surface area (TPSA) is 58.7 Å². The summed E-state index contributed by atoms with van der Waals surface area (Å²) >= 11 is 0. The average Bonchev–Trinajstić information content (AvgIpc) is 3.25. The molecule has 1 N–H and O–H groups in total. The van der Waals surface area contributed by atoms with Gasteiger partial charge in [-0.1, -0.05) is 51.1 Å². The number of benzene rings is 1. The third-order valence-electron chi connectivity index (χ3n) is 4.27. The van der Waals surface area contributed by atoms with Crippen molar-refractivity contribution < 1.29 is 14.3 Å². The van der Waals surface area contributed by atoms with Gasteiger partial charge in [0.2, 0.25) is 5.91 Å². The Morgan fingerprint density at radius 3 is 2.35 bits per heavy atom. The summed E-state index contributed by atoms with van der Waals surface area (Å²) < 4.78 is 5.26. The molecule has 126 valence electrons. The van der Waals surface area contributed by atoms with Crippen LogP contribution >= 0.6 is 0 Å². The van der Waals surface area contributed by atoms with Crippen LogP contribution in [0.5, 0.6) is 0 Å². The van der Waals surface area contributed by atoms with Crippen LogP contribution in [0, 0.1) is 11.8 Å². The highest BCUT2D eigenvalue weighted by Gasteiger charge is 2.50. The zero-order valence-corrected chi connectivity index (χ0v) is 14.5. The Kier molecular flexibility index (Phi) is 5.58. The number of ether oxygens (including phenoxy) is 1. The summed E-state index contributed by atoms with van der Waals surface area (Å²) in [7, 11) is 0. The summed E-state index contributed by atoms with van der Waals surface area (Å²) in [6, 6.07) is 9.46. The molecule has 1 saturated heterocycles. The van der Waals surface area contributed by atoms with Gasteiger partial charge in [0.25, 0.3) is 0 Å². The molecule has 4 nitrogen and oxygen atoms in total. The average molecular weight is 317 g/mol. The molecule has 0 bridgehead atoms. The van der Waals surface area contributed by atoms with Crippen LogP contribution in [0.4, 0.5) is 0 Å². The lowest BCUT2D eigenvalue weighted by molar-refractivity contribution is -0.132. The van der Waals surface area contributed by atoms with Crippen molar-refractivity contribution >= 4 is 11.7 Å². The summed E-state index contributed by atoms with van der Waals surface area (Å²) in [4.78, 5) is 25.0. The number of hydrogen-bond acceptors (Lipinski definition) is 3.